The number of rotatable bonds is 6. The first-order chi connectivity index (χ1) is 12.1. The third-order valence-corrected chi connectivity index (χ3v) is 5.20. The highest BCUT2D eigenvalue weighted by molar-refractivity contribution is 7.99. The Morgan fingerprint density at radius 1 is 1.20 bits per heavy atom. The van der Waals surface area contributed by atoms with E-state index < -0.39 is 0 Å². The van der Waals surface area contributed by atoms with E-state index in [9.17, 15) is 4.79 Å². The average molecular weight is 356 g/mol. The van der Waals surface area contributed by atoms with Crippen molar-refractivity contribution in [2.24, 2.45) is 0 Å². The van der Waals surface area contributed by atoms with Crippen molar-refractivity contribution in [3.8, 4) is 0 Å². The van der Waals surface area contributed by atoms with Crippen molar-refractivity contribution in [1.29, 1.82) is 0 Å². The van der Waals surface area contributed by atoms with Crippen LogP contribution in [0.2, 0.25) is 0 Å². The largest absolute Gasteiger partial charge is 0.356 e. The second-order valence-corrected chi connectivity index (χ2v) is 7.52. The fourth-order valence-electron chi connectivity index (χ4n) is 2.82. The molecule has 1 fully saturated rings. The maximum Gasteiger partial charge on any atom is 0.234 e. The van der Waals surface area contributed by atoms with Crippen LogP contribution in [0.5, 0.6) is 0 Å². The number of aromatic nitrogens is 2. The van der Waals surface area contributed by atoms with Crippen LogP contribution in [0.4, 0.5) is 11.5 Å². The normalized spacial score (nSPS) is 14.1. The van der Waals surface area contributed by atoms with Gasteiger partial charge < -0.3 is 10.2 Å². The molecule has 1 amide bonds. The zero-order chi connectivity index (χ0) is 17.6. The second-order valence-electron chi connectivity index (χ2n) is 6.52. The van der Waals surface area contributed by atoms with Crippen LogP contribution >= 0.6 is 11.8 Å². The van der Waals surface area contributed by atoms with E-state index >= 15 is 0 Å². The predicted molar refractivity (Wildman–Crippen MR) is 103 cm³/mol. The Morgan fingerprint density at radius 3 is 2.60 bits per heavy atom. The second kappa shape index (κ2) is 8.34. The minimum atomic E-state index is -0.0244. The Morgan fingerprint density at radius 2 is 1.92 bits per heavy atom. The first-order valence-electron chi connectivity index (χ1n) is 8.71. The summed E-state index contributed by atoms with van der Waals surface area (Å²) in [6.07, 6.45) is 4.01. The predicted octanol–water partition coefficient (Wildman–Crippen LogP) is 3.93. The van der Waals surface area contributed by atoms with Crippen LogP contribution < -0.4 is 10.2 Å². The Hall–Kier alpha value is -2.08. The number of carbonyl (C=O) groups excluding carboxylic acids is 1. The van der Waals surface area contributed by atoms with Crippen LogP contribution in [-0.2, 0) is 4.79 Å². The summed E-state index contributed by atoms with van der Waals surface area (Å²) in [6, 6.07) is 9.99. The molecule has 0 radical (unpaired) electrons. The molecule has 0 unspecified atom stereocenters. The minimum absolute atomic E-state index is 0.0244. The third kappa shape index (κ3) is 4.95. The summed E-state index contributed by atoms with van der Waals surface area (Å²) in [5, 5.41) is 3.77. The van der Waals surface area contributed by atoms with Crippen LogP contribution in [0, 0.1) is 0 Å². The lowest BCUT2D eigenvalue weighted by atomic mass is 10.0. The van der Waals surface area contributed by atoms with Gasteiger partial charge in [-0.25, -0.2) is 9.97 Å². The molecule has 1 aliphatic heterocycles. The molecule has 2 heterocycles. The maximum atomic E-state index is 12.2. The first-order valence-corrected chi connectivity index (χ1v) is 9.70. The highest BCUT2D eigenvalue weighted by Crippen LogP contribution is 2.23. The van der Waals surface area contributed by atoms with Crippen LogP contribution in [0.25, 0.3) is 0 Å². The summed E-state index contributed by atoms with van der Waals surface area (Å²) < 4.78 is 0. The number of carbonyl (C=O) groups is 1. The zero-order valence-corrected chi connectivity index (χ0v) is 15.6. The van der Waals surface area contributed by atoms with E-state index in [1.165, 1.54) is 30.2 Å². The van der Waals surface area contributed by atoms with Crippen LogP contribution in [0.1, 0.15) is 38.2 Å². The van der Waals surface area contributed by atoms with E-state index in [0.717, 1.165) is 29.6 Å². The van der Waals surface area contributed by atoms with Gasteiger partial charge in [-0.15, -0.1) is 0 Å². The van der Waals surface area contributed by atoms with Crippen molar-refractivity contribution < 1.29 is 4.79 Å². The first kappa shape index (κ1) is 17.7. The lowest BCUT2D eigenvalue weighted by Gasteiger charge is -2.16. The molecule has 1 saturated heterocycles. The molecule has 6 heteroatoms. The molecule has 1 aromatic heterocycles. The summed E-state index contributed by atoms with van der Waals surface area (Å²) in [6.45, 7) is 6.41. The van der Waals surface area contributed by atoms with Gasteiger partial charge >= 0.3 is 0 Å². The molecule has 0 spiro atoms. The summed E-state index contributed by atoms with van der Waals surface area (Å²) in [4.78, 5) is 23.0. The van der Waals surface area contributed by atoms with Gasteiger partial charge in [0.1, 0.15) is 17.2 Å². The van der Waals surface area contributed by atoms with E-state index in [4.69, 9.17) is 0 Å². The van der Waals surface area contributed by atoms with Gasteiger partial charge in [-0.3, -0.25) is 4.79 Å². The fourth-order valence-corrected chi connectivity index (χ4v) is 3.48. The number of hydrogen-bond donors (Lipinski definition) is 1. The summed E-state index contributed by atoms with van der Waals surface area (Å²) in [7, 11) is 0. The van der Waals surface area contributed by atoms with E-state index in [1.807, 2.05) is 18.2 Å². The Kier molecular flexibility index (Phi) is 5.91. The number of nitrogens with zero attached hydrogens (tertiary/aromatic N) is 3. The van der Waals surface area contributed by atoms with Crippen molar-refractivity contribution >= 4 is 29.2 Å². The van der Waals surface area contributed by atoms with Crippen molar-refractivity contribution in [2.75, 3.05) is 29.1 Å². The molecule has 5 nitrogen and oxygen atoms in total. The SMILES string of the molecule is CC(C)c1ccc(NC(=O)CSc2cc(N3CCCC3)ncn2)cc1. The monoisotopic (exact) mass is 356 g/mol. The molecule has 1 aromatic carbocycles. The average Bonchev–Trinajstić information content (AvgIpc) is 3.15. The summed E-state index contributed by atoms with van der Waals surface area (Å²) in [5.41, 5.74) is 2.10. The van der Waals surface area contributed by atoms with Gasteiger partial charge in [-0.2, -0.15) is 0 Å². The molecule has 1 N–H and O–H groups in total. The maximum absolute atomic E-state index is 12.2. The highest BCUT2D eigenvalue weighted by atomic mass is 32.2. The molecule has 132 valence electrons. The molecule has 2 aromatic rings. The molecule has 1 aliphatic rings. The van der Waals surface area contributed by atoms with Crippen molar-refractivity contribution in [2.45, 2.75) is 37.6 Å². The molecule has 0 atom stereocenters. The number of amides is 1. The van der Waals surface area contributed by atoms with Gasteiger partial charge in [0.05, 0.1) is 5.75 Å². The van der Waals surface area contributed by atoms with Crippen molar-refractivity contribution in [1.82, 2.24) is 9.97 Å². The van der Waals surface area contributed by atoms with Crippen molar-refractivity contribution in [3.05, 3.63) is 42.2 Å². The molecule has 3 rings (SSSR count). The van der Waals surface area contributed by atoms with Crippen LogP contribution in [-0.4, -0.2) is 34.7 Å². The van der Waals surface area contributed by atoms with Crippen LogP contribution in [0.15, 0.2) is 41.7 Å². The van der Waals surface area contributed by atoms with Gasteiger partial charge in [0.15, 0.2) is 0 Å². The number of nitrogens with one attached hydrogen (secondary N) is 1. The quantitative estimate of drug-likeness (QED) is 0.628. The third-order valence-electron chi connectivity index (χ3n) is 4.27. The molecule has 25 heavy (non-hydrogen) atoms. The fraction of sp³-hybridized carbons (Fsp3) is 0.421. The van der Waals surface area contributed by atoms with E-state index in [1.54, 1.807) is 6.33 Å². The number of benzene rings is 1. The Labute approximate surface area is 153 Å². The van der Waals surface area contributed by atoms with Crippen molar-refractivity contribution in [3.63, 3.8) is 0 Å². The molecular weight excluding hydrogens is 332 g/mol. The van der Waals surface area contributed by atoms with Gasteiger partial charge in [-0.1, -0.05) is 37.7 Å². The lowest BCUT2D eigenvalue weighted by Crippen LogP contribution is -2.19. The molecule has 0 aliphatic carbocycles. The van der Waals surface area contributed by atoms with Gasteiger partial charge in [-0.05, 0) is 36.5 Å². The zero-order valence-electron chi connectivity index (χ0n) is 14.7. The van der Waals surface area contributed by atoms with E-state index in [2.05, 4.69) is 46.2 Å². The molecule has 0 saturated carbocycles. The number of anilines is 2. The lowest BCUT2D eigenvalue weighted by molar-refractivity contribution is -0.113. The molecule has 0 bridgehead atoms. The smallest absolute Gasteiger partial charge is 0.234 e. The standard InChI is InChI=1S/C19H24N4OS/c1-14(2)15-5-7-16(8-6-15)22-18(24)12-25-19-11-17(20-13-21-19)23-9-3-4-10-23/h5-8,11,13-14H,3-4,9-10,12H2,1-2H3,(H,22,24). The van der Waals surface area contributed by atoms with E-state index in [-0.39, 0.29) is 5.91 Å². The van der Waals surface area contributed by atoms with E-state index in [0.29, 0.717) is 11.7 Å². The Balaban J connectivity index is 1.52. The summed E-state index contributed by atoms with van der Waals surface area (Å²) >= 11 is 1.44. The van der Waals surface area contributed by atoms with Gasteiger partial charge in [0.25, 0.3) is 0 Å². The molecular formula is C19H24N4OS. The minimum Gasteiger partial charge on any atom is -0.356 e. The highest BCUT2D eigenvalue weighted by Gasteiger charge is 2.14. The van der Waals surface area contributed by atoms with Gasteiger partial charge in [0, 0.05) is 24.8 Å². The number of hydrogen-bond acceptors (Lipinski definition) is 5. The summed E-state index contributed by atoms with van der Waals surface area (Å²) in [5.74, 6) is 1.76. The van der Waals surface area contributed by atoms with Gasteiger partial charge in [0.2, 0.25) is 5.91 Å². The Bertz CT molecular complexity index is 712. The topological polar surface area (TPSA) is 58.1 Å². The van der Waals surface area contributed by atoms with Crippen LogP contribution in [0.3, 0.4) is 0 Å². The number of thioether (sulfide) groups is 1.